The van der Waals surface area contributed by atoms with E-state index in [2.05, 4.69) is 15.3 Å². The third kappa shape index (κ3) is 3.93. The SMILES string of the molecule is COc1ccc([C@@H]2CCCN2CC(=O)Nc2c(C)nn(C)c2C)c(OC)c1. The van der Waals surface area contributed by atoms with Crippen LogP contribution in [0, 0.1) is 13.8 Å². The number of benzene rings is 1. The van der Waals surface area contributed by atoms with Crippen molar-refractivity contribution in [2.24, 2.45) is 7.05 Å². The molecule has 1 N–H and O–H groups in total. The van der Waals surface area contributed by atoms with Gasteiger partial charge in [-0.25, -0.2) is 0 Å². The zero-order valence-electron chi connectivity index (χ0n) is 16.7. The number of nitrogens with one attached hydrogen (secondary N) is 1. The lowest BCUT2D eigenvalue weighted by molar-refractivity contribution is -0.117. The summed E-state index contributed by atoms with van der Waals surface area (Å²) in [6.45, 7) is 5.09. The van der Waals surface area contributed by atoms with Gasteiger partial charge in [0.1, 0.15) is 11.5 Å². The van der Waals surface area contributed by atoms with Crippen LogP contribution in [0.25, 0.3) is 0 Å². The van der Waals surface area contributed by atoms with Crippen molar-refractivity contribution < 1.29 is 14.3 Å². The maximum atomic E-state index is 12.7. The summed E-state index contributed by atoms with van der Waals surface area (Å²) in [6.07, 6.45) is 2.05. The van der Waals surface area contributed by atoms with Crippen molar-refractivity contribution in [1.29, 1.82) is 0 Å². The average molecular weight is 372 g/mol. The number of carbonyl (C=O) groups is 1. The Bertz CT molecular complexity index is 831. The number of amides is 1. The quantitative estimate of drug-likeness (QED) is 0.844. The van der Waals surface area contributed by atoms with E-state index in [0.29, 0.717) is 6.54 Å². The van der Waals surface area contributed by atoms with Crippen molar-refractivity contribution in [2.75, 3.05) is 32.6 Å². The highest BCUT2D eigenvalue weighted by Crippen LogP contribution is 2.38. The molecule has 1 atom stereocenters. The number of aromatic nitrogens is 2. The predicted molar refractivity (Wildman–Crippen MR) is 104 cm³/mol. The van der Waals surface area contributed by atoms with Gasteiger partial charge in [0.25, 0.3) is 0 Å². The first kappa shape index (κ1) is 19.2. The Morgan fingerprint density at radius 2 is 2.07 bits per heavy atom. The van der Waals surface area contributed by atoms with Crippen LogP contribution in [0.4, 0.5) is 5.69 Å². The molecule has 0 saturated carbocycles. The molecule has 7 nitrogen and oxygen atoms in total. The molecule has 0 spiro atoms. The van der Waals surface area contributed by atoms with Crippen LogP contribution < -0.4 is 14.8 Å². The normalized spacial score (nSPS) is 17.1. The van der Waals surface area contributed by atoms with E-state index in [-0.39, 0.29) is 11.9 Å². The number of rotatable bonds is 6. The smallest absolute Gasteiger partial charge is 0.238 e. The highest BCUT2D eigenvalue weighted by molar-refractivity contribution is 5.93. The fraction of sp³-hybridized carbons (Fsp3) is 0.500. The van der Waals surface area contributed by atoms with Gasteiger partial charge < -0.3 is 14.8 Å². The van der Waals surface area contributed by atoms with E-state index >= 15 is 0 Å². The summed E-state index contributed by atoms with van der Waals surface area (Å²) in [7, 11) is 5.19. The van der Waals surface area contributed by atoms with Gasteiger partial charge in [0.2, 0.25) is 5.91 Å². The fourth-order valence-corrected chi connectivity index (χ4v) is 3.78. The van der Waals surface area contributed by atoms with Crippen molar-refractivity contribution in [3.63, 3.8) is 0 Å². The highest BCUT2D eigenvalue weighted by Gasteiger charge is 2.30. The van der Waals surface area contributed by atoms with E-state index < -0.39 is 0 Å². The van der Waals surface area contributed by atoms with Crippen molar-refractivity contribution in [3.05, 3.63) is 35.2 Å². The van der Waals surface area contributed by atoms with Crippen molar-refractivity contribution in [3.8, 4) is 11.5 Å². The van der Waals surface area contributed by atoms with Crippen molar-refractivity contribution in [1.82, 2.24) is 14.7 Å². The van der Waals surface area contributed by atoms with Crippen LogP contribution in [-0.2, 0) is 11.8 Å². The number of nitrogens with zero attached hydrogens (tertiary/aromatic N) is 3. The molecule has 1 fully saturated rings. The van der Waals surface area contributed by atoms with Crippen LogP contribution in [-0.4, -0.2) is 47.9 Å². The summed E-state index contributed by atoms with van der Waals surface area (Å²) in [6, 6.07) is 6.03. The van der Waals surface area contributed by atoms with Crippen LogP contribution >= 0.6 is 0 Å². The van der Waals surface area contributed by atoms with Crippen molar-refractivity contribution in [2.45, 2.75) is 32.7 Å². The Kier molecular flexibility index (Phi) is 5.70. The number of likely N-dealkylation sites (tertiary alicyclic amines) is 1. The molecule has 7 heteroatoms. The Hall–Kier alpha value is -2.54. The van der Waals surface area contributed by atoms with Crippen molar-refractivity contribution >= 4 is 11.6 Å². The molecular formula is C20H28N4O3. The second-order valence-electron chi connectivity index (χ2n) is 6.95. The molecule has 1 aliphatic rings. The third-order valence-corrected chi connectivity index (χ3v) is 5.28. The molecule has 0 aliphatic carbocycles. The molecule has 1 amide bonds. The zero-order chi connectivity index (χ0) is 19.6. The summed E-state index contributed by atoms with van der Waals surface area (Å²) in [5.74, 6) is 1.54. The number of carbonyl (C=O) groups excluding carboxylic acids is 1. The Labute approximate surface area is 160 Å². The van der Waals surface area contributed by atoms with Crippen LogP contribution in [0.2, 0.25) is 0 Å². The number of aryl methyl sites for hydroxylation is 2. The molecule has 27 heavy (non-hydrogen) atoms. The van der Waals surface area contributed by atoms with Gasteiger partial charge in [-0.1, -0.05) is 6.07 Å². The first-order valence-electron chi connectivity index (χ1n) is 9.20. The topological polar surface area (TPSA) is 68.6 Å². The Morgan fingerprint density at radius 1 is 1.30 bits per heavy atom. The van der Waals surface area contributed by atoms with Gasteiger partial charge in [-0.2, -0.15) is 5.10 Å². The highest BCUT2D eigenvalue weighted by atomic mass is 16.5. The van der Waals surface area contributed by atoms with Gasteiger partial charge in [-0.3, -0.25) is 14.4 Å². The Balaban J connectivity index is 1.74. The van der Waals surface area contributed by atoms with E-state index in [0.717, 1.165) is 53.5 Å². The first-order valence-corrected chi connectivity index (χ1v) is 9.20. The summed E-state index contributed by atoms with van der Waals surface area (Å²) >= 11 is 0. The first-order chi connectivity index (χ1) is 12.9. The molecule has 0 radical (unpaired) electrons. The second kappa shape index (κ2) is 8.00. The summed E-state index contributed by atoms with van der Waals surface area (Å²) in [5, 5.41) is 7.39. The number of anilines is 1. The largest absolute Gasteiger partial charge is 0.497 e. The van der Waals surface area contributed by atoms with E-state index in [4.69, 9.17) is 9.47 Å². The molecule has 1 aliphatic heterocycles. The molecular weight excluding hydrogens is 344 g/mol. The van der Waals surface area contributed by atoms with Gasteiger partial charge in [-0.15, -0.1) is 0 Å². The van der Waals surface area contributed by atoms with Gasteiger partial charge in [0.05, 0.1) is 37.8 Å². The lowest BCUT2D eigenvalue weighted by Crippen LogP contribution is -2.33. The van der Waals surface area contributed by atoms with Gasteiger partial charge in [0.15, 0.2) is 0 Å². The minimum atomic E-state index is -0.0198. The molecule has 3 rings (SSSR count). The molecule has 146 valence electrons. The fourth-order valence-electron chi connectivity index (χ4n) is 3.78. The van der Waals surface area contributed by atoms with Crippen LogP contribution in [0.5, 0.6) is 11.5 Å². The predicted octanol–water partition coefficient (Wildman–Crippen LogP) is 2.83. The summed E-state index contributed by atoms with van der Waals surface area (Å²) in [5.41, 5.74) is 3.69. The minimum absolute atomic E-state index is 0.0198. The zero-order valence-corrected chi connectivity index (χ0v) is 16.7. The van der Waals surface area contributed by atoms with Crippen LogP contribution in [0.1, 0.15) is 35.8 Å². The van der Waals surface area contributed by atoms with Crippen LogP contribution in [0.3, 0.4) is 0 Å². The lowest BCUT2D eigenvalue weighted by atomic mass is 10.0. The molecule has 1 aromatic carbocycles. The third-order valence-electron chi connectivity index (χ3n) is 5.28. The maximum Gasteiger partial charge on any atom is 0.238 e. The number of hydrogen-bond acceptors (Lipinski definition) is 5. The van der Waals surface area contributed by atoms with Gasteiger partial charge in [-0.05, 0) is 39.3 Å². The lowest BCUT2D eigenvalue weighted by Gasteiger charge is -2.26. The summed E-state index contributed by atoms with van der Waals surface area (Å²) in [4.78, 5) is 14.9. The minimum Gasteiger partial charge on any atom is -0.497 e. The Morgan fingerprint density at radius 3 is 2.70 bits per heavy atom. The van der Waals surface area contributed by atoms with Gasteiger partial charge in [0, 0.05) is 24.7 Å². The molecule has 1 aromatic heterocycles. The average Bonchev–Trinajstić information content (AvgIpc) is 3.20. The maximum absolute atomic E-state index is 12.7. The monoisotopic (exact) mass is 372 g/mol. The number of hydrogen-bond donors (Lipinski definition) is 1. The molecule has 2 aromatic rings. The standard InChI is InChI=1S/C20H28N4O3/c1-13-20(14(2)23(3)22-13)21-19(25)12-24-10-6-7-17(24)16-9-8-15(26-4)11-18(16)27-5/h8-9,11,17H,6-7,10,12H2,1-5H3,(H,21,25)/t17-/m0/s1. The summed E-state index contributed by atoms with van der Waals surface area (Å²) < 4.78 is 12.6. The molecule has 1 saturated heterocycles. The van der Waals surface area contributed by atoms with Gasteiger partial charge >= 0.3 is 0 Å². The van der Waals surface area contributed by atoms with Crippen LogP contribution in [0.15, 0.2) is 18.2 Å². The van der Waals surface area contributed by atoms with E-state index in [1.165, 1.54) is 0 Å². The molecule has 0 bridgehead atoms. The number of methoxy groups -OCH3 is 2. The second-order valence-corrected chi connectivity index (χ2v) is 6.95. The molecule has 2 heterocycles. The molecule has 0 unspecified atom stereocenters. The van der Waals surface area contributed by atoms with E-state index in [9.17, 15) is 4.79 Å². The van der Waals surface area contributed by atoms with E-state index in [1.807, 2.05) is 39.1 Å². The van der Waals surface area contributed by atoms with E-state index in [1.54, 1.807) is 18.9 Å². The number of ether oxygens (including phenoxy) is 2.